The van der Waals surface area contributed by atoms with Crippen molar-refractivity contribution >= 4 is 0 Å². The highest BCUT2D eigenvalue weighted by atomic mass is 16.3. The third-order valence-corrected chi connectivity index (χ3v) is 2.79. The Balaban J connectivity index is 2.22. The van der Waals surface area contributed by atoms with Crippen molar-refractivity contribution in [3.8, 4) is 0 Å². The van der Waals surface area contributed by atoms with Crippen LogP contribution in [0.15, 0.2) is 30.3 Å². The van der Waals surface area contributed by atoms with E-state index in [0.29, 0.717) is 5.92 Å². The molecule has 0 bridgehead atoms. The fourth-order valence-corrected chi connectivity index (χ4v) is 1.51. The van der Waals surface area contributed by atoms with E-state index < -0.39 is 0 Å². The van der Waals surface area contributed by atoms with Gasteiger partial charge in [0.1, 0.15) is 0 Å². The predicted octanol–water partition coefficient (Wildman–Crippen LogP) is 3.03. The summed E-state index contributed by atoms with van der Waals surface area (Å²) in [4.78, 5) is 0. The Morgan fingerprint density at radius 3 is 2.36 bits per heavy atom. The molecule has 1 aromatic carbocycles. The quantitative estimate of drug-likeness (QED) is 0.760. The van der Waals surface area contributed by atoms with Gasteiger partial charge in [0, 0.05) is 0 Å². The topological polar surface area (TPSA) is 20.2 Å². The predicted molar refractivity (Wildman–Crippen MR) is 60.2 cm³/mol. The number of rotatable bonds is 5. The van der Waals surface area contributed by atoms with Crippen LogP contribution in [0.5, 0.6) is 0 Å². The van der Waals surface area contributed by atoms with Crippen molar-refractivity contribution in [1.82, 2.24) is 0 Å². The van der Waals surface area contributed by atoms with Gasteiger partial charge in [-0.1, -0.05) is 37.3 Å². The zero-order valence-corrected chi connectivity index (χ0v) is 9.11. The Hall–Kier alpha value is -0.820. The summed E-state index contributed by atoms with van der Waals surface area (Å²) in [5.41, 5.74) is 1.39. The molecule has 0 saturated heterocycles. The third-order valence-electron chi connectivity index (χ3n) is 2.79. The molecule has 0 fully saturated rings. The van der Waals surface area contributed by atoms with Crippen molar-refractivity contribution < 1.29 is 5.11 Å². The summed E-state index contributed by atoms with van der Waals surface area (Å²) >= 11 is 0. The second-order valence-electron chi connectivity index (χ2n) is 4.10. The number of benzene rings is 1. The molecule has 14 heavy (non-hydrogen) atoms. The standard InChI is InChI=1S/C13H20O/c1-11(12(2)14)7-6-10-13-8-4-3-5-9-13/h3-5,8-9,11-12,14H,6-7,10H2,1-2H3/t11-,12+/m0/s1. The van der Waals surface area contributed by atoms with Gasteiger partial charge in [0.05, 0.1) is 6.10 Å². The van der Waals surface area contributed by atoms with Gasteiger partial charge in [0.15, 0.2) is 0 Å². The van der Waals surface area contributed by atoms with Crippen LogP contribution < -0.4 is 0 Å². The van der Waals surface area contributed by atoms with E-state index in [1.807, 2.05) is 13.0 Å². The highest BCUT2D eigenvalue weighted by Crippen LogP contribution is 2.13. The summed E-state index contributed by atoms with van der Waals surface area (Å²) in [5, 5.41) is 9.32. The van der Waals surface area contributed by atoms with Crippen LogP contribution >= 0.6 is 0 Å². The van der Waals surface area contributed by atoms with E-state index in [-0.39, 0.29) is 6.10 Å². The van der Waals surface area contributed by atoms with Gasteiger partial charge < -0.3 is 5.11 Å². The largest absolute Gasteiger partial charge is 0.393 e. The fourth-order valence-electron chi connectivity index (χ4n) is 1.51. The van der Waals surface area contributed by atoms with Crippen LogP contribution in [-0.2, 0) is 6.42 Å². The molecule has 1 heteroatoms. The van der Waals surface area contributed by atoms with Crippen molar-refractivity contribution in [1.29, 1.82) is 0 Å². The van der Waals surface area contributed by atoms with Gasteiger partial charge in [-0.3, -0.25) is 0 Å². The first kappa shape index (κ1) is 11.3. The number of aryl methyl sites for hydroxylation is 1. The molecule has 1 aromatic rings. The maximum atomic E-state index is 9.32. The van der Waals surface area contributed by atoms with Crippen molar-refractivity contribution in [2.75, 3.05) is 0 Å². The van der Waals surface area contributed by atoms with Gasteiger partial charge in [0.25, 0.3) is 0 Å². The molecule has 0 heterocycles. The van der Waals surface area contributed by atoms with Gasteiger partial charge in [-0.15, -0.1) is 0 Å². The van der Waals surface area contributed by atoms with Crippen LogP contribution in [0, 0.1) is 5.92 Å². The van der Waals surface area contributed by atoms with E-state index in [0.717, 1.165) is 19.3 Å². The second kappa shape index (κ2) is 5.82. The lowest BCUT2D eigenvalue weighted by molar-refractivity contribution is 0.129. The molecule has 0 aliphatic heterocycles. The van der Waals surface area contributed by atoms with Gasteiger partial charge in [0.2, 0.25) is 0 Å². The molecule has 1 nitrogen and oxygen atoms in total. The Bertz CT molecular complexity index is 241. The minimum atomic E-state index is -0.175. The lowest BCUT2D eigenvalue weighted by Crippen LogP contribution is -2.12. The molecule has 0 amide bonds. The van der Waals surface area contributed by atoms with Crippen molar-refractivity contribution in [2.24, 2.45) is 5.92 Å². The molecular weight excluding hydrogens is 172 g/mol. The summed E-state index contributed by atoms with van der Waals surface area (Å²) in [6.07, 6.45) is 3.21. The van der Waals surface area contributed by atoms with Gasteiger partial charge in [-0.25, -0.2) is 0 Å². The first-order valence-corrected chi connectivity index (χ1v) is 5.42. The highest BCUT2D eigenvalue weighted by molar-refractivity contribution is 5.14. The molecule has 0 aliphatic rings. The maximum Gasteiger partial charge on any atom is 0.0537 e. The Morgan fingerprint density at radius 1 is 1.14 bits per heavy atom. The number of aliphatic hydroxyl groups excluding tert-OH is 1. The van der Waals surface area contributed by atoms with E-state index in [1.165, 1.54) is 5.56 Å². The second-order valence-corrected chi connectivity index (χ2v) is 4.10. The van der Waals surface area contributed by atoms with E-state index in [4.69, 9.17) is 0 Å². The van der Waals surface area contributed by atoms with Crippen LogP contribution in [0.3, 0.4) is 0 Å². The lowest BCUT2D eigenvalue weighted by Gasteiger charge is -2.13. The smallest absolute Gasteiger partial charge is 0.0537 e. The summed E-state index contributed by atoms with van der Waals surface area (Å²) < 4.78 is 0. The zero-order valence-electron chi connectivity index (χ0n) is 9.11. The van der Waals surface area contributed by atoms with Gasteiger partial charge in [-0.2, -0.15) is 0 Å². The van der Waals surface area contributed by atoms with E-state index in [1.54, 1.807) is 0 Å². The van der Waals surface area contributed by atoms with E-state index in [2.05, 4.69) is 31.2 Å². The first-order valence-electron chi connectivity index (χ1n) is 5.42. The van der Waals surface area contributed by atoms with Crippen LogP contribution in [-0.4, -0.2) is 11.2 Å². The molecule has 2 atom stereocenters. The summed E-state index contributed by atoms with van der Waals surface area (Å²) in [6, 6.07) is 10.5. The SMILES string of the molecule is C[C@@H](O)[C@@H](C)CCCc1ccccc1. The average Bonchev–Trinajstić information content (AvgIpc) is 2.19. The normalized spacial score (nSPS) is 15.1. The molecule has 0 aliphatic carbocycles. The summed E-state index contributed by atoms with van der Waals surface area (Å²) in [6.45, 7) is 3.98. The minimum absolute atomic E-state index is 0.175. The van der Waals surface area contributed by atoms with Crippen molar-refractivity contribution in [3.63, 3.8) is 0 Å². The molecule has 0 saturated carbocycles. The number of aliphatic hydroxyl groups is 1. The monoisotopic (exact) mass is 192 g/mol. The summed E-state index contributed by atoms with van der Waals surface area (Å²) in [7, 11) is 0. The van der Waals surface area contributed by atoms with Crippen LogP contribution in [0.4, 0.5) is 0 Å². The molecular formula is C13H20O. The van der Waals surface area contributed by atoms with Gasteiger partial charge >= 0.3 is 0 Å². The molecule has 0 radical (unpaired) electrons. The van der Waals surface area contributed by atoms with Gasteiger partial charge in [-0.05, 0) is 37.7 Å². The Kier molecular flexibility index (Phi) is 4.68. The van der Waals surface area contributed by atoms with Crippen LogP contribution in [0.1, 0.15) is 32.3 Å². The highest BCUT2D eigenvalue weighted by Gasteiger charge is 2.07. The zero-order chi connectivity index (χ0) is 10.4. The fraction of sp³-hybridized carbons (Fsp3) is 0.538. The number of hydrogen-bond donors (Lipinski definition) is 1. The average molecular weight is 192 g/mol. The molecule has 78 valence electrons. The van der Waals surface area contributed by atoms with Crippen molar-refractivity contribution in [2.45, 2.75) is 39.2 Å². The Labute approximate surface area is 86.8 Å². The molecule has 0 spiro atoms. The van der Waals surface area contributed by atoms with Crippen LogP contribution in [0.2, 0.25) is 0 Å². The molecule has 0 unspecified atom stereocenters. The first-order chi connectivity index (χ1) is 6.70. The molecule has 1 rings (SSSR count). The number of hydrogen-bond acceptors (Lipinski definition) is 1. The molecule has 1 N–H and O–H groups in total. The molecule has 0 aromatic heterocycles. The minimum Gasteiger partial charge on any atom is -0.393 e. The third kappa shape index (κ3) is 3.93. The van der Waals surface area contributed by atoms with E-state index in [9.17, 15) is 5.11 Å². The van der Waals surface area contributed by atoms with E-state index >= 15 is 0 Å². The van der Waals surface area contributed by atoms with Crippen molar-refractivity contribution in [3.05, 3.63) is 35.9 Å². The Morgan fingerprint density at radius 2 is 1.79 bits per heavy atom. The lowest BCUT2D eigenvalue weighted by atomic mass is 9.97. The van der Waals surface area contributed by atoms with Crippen LogP contribution in [0.25, 0.3) is 0 Å². The summed E-state index contributed by atoms with van der Waals surface area (Å²) in [5.74, 6) is 0.415. The maximum absolute atomic E-state index is 9.32.